The number of nitrogens with one attached hydrogen (secondary N) is 1. The summed E-state index contributed by atoms with van der Waals surface area (Å²) in [6, 6.07) is 2.89. The van der Waals surface area contributed by atoms with Gasteiger partial charge in [-0.05, 0) is 30.8 Å². The number of thiophene rings is 1. The van der Waals surface area contributed by atoms with E-state index in [0.29, 0.717) is 13.0 Å². The van der Waals surface area contributed by atoms with Crippen molar-refractivity contribution in [3.63, 3.8) is 0 Å². The summed E-state index contributed by atoms with van der Waals surface area (Å²) in [7, 11) is 1.27. The average Bonchev–Trinajstić information content (AvgIpc) is 3.38. The number of nitrogens with zero attached hydrogens (tertiary/aromatic N) is 1. The number of unbranched alkanes of at least 4 members (excludes halogenated alkanes) is 1. The number of ether oxygens (including phenoxy) is 2. The van der Waals surface area contributed by atoms with E-state index < -0.39 is 47.0 Å². The maximum Gasteiger partial charge on any atom is 0.404 e. The monoisotopic (exact) mass is 573 g/mol. The Morgan fingerprint density at radius 2 is 2.00 bits per heavy atom. The lowest BCUT2D eigenvalue weighted by Gasteiger charge is -2.55. The SMILES string of the molecule is COC1(NC(=O)Cc2cccs2)C(=O)N2C(C(=O)O)=C(COC(N)=O)CSC21.NCCCCC(N)C(=O)O. The van der Waals surface area contributed by atoms with Crippen LogP contribution in [0.3, 0.4) is 0 Å². The molecule has 0 aliphatic carbocycles. The number of carbonyl (C=O) groups is 5. The minimum atomic E-state index is -1.66. The molecule has 3 unspecified atom stereocenters. The van der Waals surface area contributed by atoms with Gasteiger partial charge in [0, 0.05) is 23.3 Å². The highest BCUT2D eigenvalue weighted by Gasteiger charge is 2.66. The molecular weight excluding hydrogens is 542 g/mol. The summed E-state index contributed by atoms with van der Waals surface area (Å²) < 4.78 is 10.0. The van der Waals surface area contributed by atoms with Gasteiger partial charge in [0.05, 0.1) is 6.42 Å². The van der Waals surface area contributed by atoms with Crippen LogP contribution in [0, 0.1) is 0 Å². The Balaban J connectivity index is 0.000000432. The van der Waals surface area contributed by atoms with Crippen molar-refractivity contribution in [2.75, 3.05) is 26.0 Å². The molecule has 2 aliphatic heterocycles. The third kappa shape index (κ3) is 7.44. The van der Waals surface area contributed by atoms with Gasteiger partial charge in [0.15, 0.2) is 0 Å². The van der Waals surface area contributed by atoms with Crippen LogP contribution in [-0.2, 0) is 35.1 Å². The largest absolute Gasteiger partial charge is 0.480 e. The van der Waals surface area contributed by atoms with Crippen LogP contribution in [0.1, 0.15) is 24.1 Å². The number of methoxy groups -OCH3 is 1. The molecule has 0 bridgehead atoms. The predicted octanol–water partition coefficient (Wildman–Crippen LogP) is -0.374. The quantitative estimate of drug-likeness (QED) is 0.107. The van der Waals surface area contributed by atoms with Crippen LogP contribution in [0.2, 0.25) is 0 Å². The van der Waals surface area contributed by atoms with Gasteiger partial charge in [0.2, 0.25) is 5.91 Å². The van der Waals surface area contributed by atoms with Crippen molar-refractivity contribution in [3.05, 3.63) is 33.7 Å². The number of carboxylic acids is 2. The molecule has 1 aromatic heterocycles. The molecule has 0 spiro atoms. The predicted molar refractivity (Wildman–Crippen MR) is 138 cm³/mol. The van der Waals surface area contributed by atoms with E-state index in [1.807, 2.05) is 11.4 Å². The van der Waals surface area contributed by atoms with Crippen LogP contribution in [0.4, 0.5) is 4.79 Å². The zero-order valence-electron chi connectivity index (χ0n) is 20.6. The number of thioether (sulfide) groups is 1. The van der Waals surface area contributed by atoms with E-state index in [0.717, 1.165) is 22.6 Å². The molecule has 3 amide bonds. The van der Waals surface area contributed by atoms with Crippen LogP contribution < -0.4 is 22.5 Å². The van der Waals surface area contributed by atoms with Crippen molar-refractivity contribution >= 4 is 52.9 Å². The number of carbonyl (C=O) groups excluding carboxylic acids is 3. The fourth-order valence-electron chi connectivity index (χ4n) is 3.67. The standard InChI is InChI=1S/C16H17N3O7S2.C6H14N2O2/c1-25-16(18-10(20)5-9-3-2-4-27-9)13(23)19-11(12(21)22)8(6-26-15(17)24)7-28-14(16)19;7-4-2-1-3-5(8)6(9)10/h2-4,14H,5-7H2,1H3,(H2,17,24)(H,18,20)(H,21,22);5H,1-4,7-8H2,(H,9,10). The molecule has 3 heterocycles. The van der Waals surface area contributed by atoms with E-state index in [2.05, 4.69) is 10.1 Å². The minimum Gasteiger partial charge on any atom is -0.480 e. The molecule has 16 heteroatoms. The molecule has 2 aliphatic rings. The van der Waals surface area contributed by atoms with Gasteiger partial charge in [-0.25, -0.2) is 9.59 Å². The number of hydrogen-bond acceptors (Lipinski definition) is 11. The van der Waals surface area contributed by atoms with Crippen molar-refractivity contribution in [1.29, 1.82) is 0 Å². The van der Waals surface area contributed by atoms with Crippen molar-refractivity contribution in [2.24, 2.45) is 17.2 Å². The van der Waals surface area contributed by atoms with Crippen LogP contribution in [0.25, 0.3) is 0 Å². The number of β-lactam (4-membered cyclic amide) rings is 1. The molecule has 14 nitrogen and oxygen atoms in total. The Bertz CT molecular complexity index is 1070. The summed E-state index contributed by atoms with van der Waals surface area (Å²) in [6.07, 6.45) is 1.19. The number of fused-ring (bicyclic) bond motifs is 1. The van der Waals surface area contributed by atoms with E-state index in [9.17, 15) is 29.1 Å². The first-order valence-electron chi connectivity index (χ1n) is 11.4. The molecular formula is C22H31N5O9S2. The summed E-state index contributed by atoms with van der Waals surface area (Å²) >= 11 is 2.60. The first-order chi connectivity index (χ1) is 18.0. The molecule has 3 atom stereocenters. The number of amides is 3. The van der Waals surface area contributed by atoms with E-state index >= 15 is 0 Å². The molecule has 210 valence electrons. The fraction of sp³-hybridized carbons (Fsp3) is 0.500. The van der Waals surface area contributed by atoms with Gasteiger partial charge in [-0.1, -0.05) is 12.5 Å². The molecule has 3 rings (SSSR count). The van der Waals surface area contributed by atoms with Gasteiger partial charge < -0.3 is 42.2 Å². The number of nitrogens with two attached hydrogens (primary N) is 3. The zero-order valence-corrected chi connectivity index (χ0v) is 22.2. The summed E-state index contributed by atoms with van der Waals surface area (Å²) in [6.45, 7) is 0.261. The van der Waals surface area contributed by atoms with Crippen molar-refractivity contribution in [3.8, 4) is 0 Å². The topological polar surface area (TPSA) is 238 Å². The van der Waals surface area contributed by atoms with E-state index in [4.69, 9.17) is 27.0 Å². The van der Waals surface area contributed by atoms with Crippen LogP contribution in [0.5, 0.6) is 0 Å². The Morgan fingerprint density at radius 3 is 2.53 bits per heavy atom. The smallest absolute Gasteiger partial charge is 0.404 e. The molecule has 1 aromatic rings. The van der Waals surface area contributed by atoms with Gasteiger partial charge in [0.1, 0.15) is 23.7 Å². The molecule has 0 aromatic carbocycles. The molecule has 38 heavy (non-hydrogen) atoms. The number of primary amides is 1. The van der Waals surface area contributed by atoms with Gasteiger partial charge in [-0.2, -0.15) is 0 Å². The highest BCUT2D eigenvalue weighted by atomic mass is 32.2. The third-order valence-corrected chi connectivity index (χ3v) is 7.80. The van der Waals surface area contributed by atoms with Crippen LogP contribution in [0.15, 0.2) is 28.8 Å². The number of aliphatic carboxylic acids is 2. The molecule has 9 N–H and O–H groups in total. The Morgan fingerprint density at radius 1 is 1.29 bits per heavy atom. The summed E-state index contributed by atoms with van der Waals surface area (Å²) in [5, 5.41) is 21.6. The maximum absolute atomic E-state index is 12.8. The van der Waals surface area contributed by atoms with Gasteiger partial charge in [-0.3, -0.25) is 19.3 Å². The highest BCUT2D eigenvalue weighted by molar-refractivity contribution is 8.00. The second kappa shape index (κ2) is 14.1. The average molecular weight is 574 g/mol. The Labute approximate surface area is 226 Å². The normalized spacial score (nSPS) is 20.9. The van der Waals surface area contributed by atoms with Crippen LogP contribution >= 0.6 is 23.1 Å². The second-order valence-corrected chi connectivity index (χ2v) is 10.3. The molecule has 1 fully saturated rings. The highest BCUT2D eigenvalue weighted by Crippen LogP contribution is 2.46. The lowest BCUT2D eigenvalue weighted by Crippen LogP contribution is -2.80. The minimum absolute atomic E-state index is 0.0762. The lowest BCUT2D eigenvalue weighted by atomic mass is 9.98. The van der Waals surface area contributed by atoms with E-state index in [-0.39, 0.29) is 30.1 Å². The van der Waals surface area contributed by atoms with Gasteiger partial charge >= 0.3 is 18.0 Å². The number of rotatable bonds is 12. The number of carboxylic acid groups (broad SMARTS) is 2. The van der Waals surface area contributed by atoms with Gasteiger partial charge in [-0.15, -0.1) is 23.1 Å². The van der Waals surface area contributed by atoms with Crippen molar-refractivity contribution < 1.29 is 43.7 Å². The first-order valence-corrected chi connectivity index (χ1v) is 13.3. The maximum atomic E-state index is 12.8. The molecule has 1 saturated heterocycles. The van der Waals surface area contributed by atoms with Crippen LogP contribution in [-0.4, -0.2) is 88.1 Å². The number of hydrogen-bond donors (Lipinski definition) is 6. The summed E-state index contributed by atoms with van der Waals surface area (Å²) in [5.74, 6) is -3.24. The first kappa shape index (κ1) is 31.0. The Kier molecular flexibility index (Phi) is 11.5. The van der Waals surface area contributed by atoms with Gasteiger partial charge in [0.25, 0.3) is 11.6 Å². The van der Waals surface area contributed by atoms with E-state index in [1.165, 1.54) is 30.2 Å². The lowest BCUT2D eigenvalue weighted by molar-refractivity contribution is -0.192. The van der Waals surface area contributed by atoms with Crippen molar-refractivity contribution in [2.45, 2.75) is 42.8 Å². The second-order valence-electron chi connectivity index (χ2n) is 8.18. The fourth-order valence-corrected chi connectivity index (χ4v) is 5.79. The Hall–Kier alpha value is -3.18. The molecule has 0 radical (unpaired) electrons. The zero-order chi connectivity index (χ0) is 28.5. The summed E-state index contributed by atoms with van der Waals surface area (Å²) in [4.78, 5) is 59.8. The molecule has 0 saturated carbocycles. The summed E-state index contributed by atoms with van der Waals surface area (Å²) in [5.41, 5.74) is 13.6. The third-order valence-electron chi connectivity index (χ3n) is 5.55. The van der Waals surface area contributed by atoms with E-state index in [1.54, 1.807) is 6.07 Å². The van der Waals surface area contributed by atoms with Crippen molar-refractivity contribution in [1.82, 2.24) is 10.2 Å².